The van der Waals surface area contributed by atoms with Gasteiger partial charge in [-0.3, -0.25) is 0 Å². The lowest BCUT2D eigenvalue weighted by Crippen LogP contribution is -2.41. The summed E-state index contributed by atoms with van der Waals surface area (Å²) in [5, 5.41) is 12.3. The van der Waals surface area contributed by atoms with Gasteiger partial charge in [-0.2, -0.15) is 13.2 Å². The summed E-state index contributed by atoms with van der Waals surface area (Å²) in [5.41, 5.74) is 0.504. The smallest absolute Gasteiger partial charge is 0.393 e. The highest BCUT2D eigenvalue weighted by Crippen LogP contribution is 2.39. The molecule has 1 aliphatic rings. The average molecular weight is 294 g/mol. The van der Waals surface area contributed by atoms with Crippen LogP contribution in [0.1, 0.15) is 25.7 Å². The first kappa shape index (κ1) is 14.3. The highest BCUT2D eigenvalue weighted by Gasteiger charge is 2.45. The molecule has 1 aliphatic carbocycles. The van der Waals surface area contributed by atoms with Gasteiger partial charge < -0.3 is 10.4 Å². The lowest BCUT2D eigenvalue weighted by atomic mass is 9.84. The summed E-state index contributed by atoms with van der Waals surface area (Å²) in [7, 11) is 0. The van der Waals surface area contributed by atoms with E-state index in [-0.39, 0.29) is 17.2 Å². The predicted octanol–water partition coefficient (Wildman–Crippen LogP) is 4.58. The summed E-state index contributed by atoms with van der Waals surface area (Å²) in [6, 6.07) is 3.72. The van der Waals surface area contributed by atoms with E-state index < -0.39 is 18.1 Å². The normalized spacial score (nSPS) is 24.2. The molecule has 2 atom stereocenters. The third-order valence-electron chi connectivity index (χ3n) is 3.49. The molecule has 2 unspecified atom stereocenters. The first-order valence-electron chi connectivity index (χ1n) is 6.19. The number of hydrogen-bond acceptors (Lipinski definition) is 2. The molecule has 0 saturated heterocycles. The Morgan fingerprint density at radius 1 is 1.21 bits per heavy atom. The fourth-order valence-corrected chi connectivity index (χ4v) is 2.69. The van der Waals surface area contributed by atoms with Crippen LogP contribution in [0.15, 0.2) is 18.2 Å². The van der Waals surface area contributed by atoms with Crippen molar-refractivity contribution in [2.75, 3.05) is 5.32 Å². The van der Waals surface area contributed by atoms with Crippen LogP contribution in [0.3, 0.4) is 0 Å². The summed E-state index contributed by atoms with van der Waals surface area (Å²) in [4.78, 5) is 0. The highest BCUT2D eigenvalue weighted by atomic mass is 35.5. The van der Waals surface area contributed by atoms with Crippen molar-refractivity contribution in [2.24, 2.45) is 5.92 Å². The van der Waals surface area contributed by atoms with Crippen LogP contribution in [-0.2, 0) is 0 Å². The van der Waals surface area contributed by atoms with E-state index in [0.717, 1.165) is 6.42 Å². The number of hydrogen-bond donors (Lipinski definition) is 2. The van der Waals surface area contributed by atoms with Gasteiger partial charge in [0, 0.05) is 11.7 Å². The number of aromatic hydroxyl groups is 1. The van der Waals surface area contributed by atoms with E-state index >= 15 is 0 Å². The molecule has 1 aromatic carbocycles. The van der Waals surface area contributed by atoms with Gasteiger partial charge in [-0.1, -0.05) is 24.4 Å². The minimum Gasteiger partial charge on any atom is -0.506 e. The standard InChI is InChI=1S/C13H15ClF3NO/c14-10-7-8(5-6-12(10)19)18-11-4-2-1-3-9(11)13(15,16)17/h5-7,9,11,18-19H,1-4H2. The number of halogens is 4. The molecule has 0 heterocycles. The average Bonchev–Trinajstić information content (AvgIpc) is 2.33. The van der Waals surface area contributed by atoms with Crippen LogP contribution in [0.2, 0.25) is 5.02 Å². The first-order valence-corrected chi connectivity index (χ1v) is 6.57. The second kappa shape index (κ2) is 5.49. The van der Waals surface area contributed by atoms with Crippen molar-refractivity contribution < 1.29 is 18.3 Å². The third kappa shape index (κ3) is 3.47. The molecule has 2 nitrogen and oxygen atoms in total. The van der Waals surface area contributed by atoms with Crippen molar-refractivity contribution in [3.63, 3.8) is 0 Å². The third-order valence-corrected chi connectivity index (χ3v) is 3.79. The quantitative estimate of drug-likeness (QED) is 0.782. The van der Waals surface area contributed by atoms with E-state index in [1.54, 1.807) is 0 Å². The SMILES string of the molecule is Oc1ccc(NC2CCCCC2C(F)(F)F)cc1Cl. The topological polar surface area (TPSA) is 32.3 Å². The molecule has 0 amide bonds. The van der Waals surface area contributed by atoms with Gasteiger partial charge in [-0.05, 0) is 31.0 Å². The van der Waals surface area contributed by atoms with Gasteiger partial charge in [0.1, 0.15) is 5.75 Å². The van der Waals surface area contributed by atoms with Gasteiger partial charge in [-0.15, -0.1) is 0 Å². The van der Waals surface area contributed by atoms with Crippen molar-refractivity contribution in [3.8, 4) is 5.75 Å². The minimum atomic E-state index is -4.18. The van der Waals surface area contributed by atoms with E-state index in [0.29, 0.717) is 18.5 Å². The number of benzene rings is 1. The molecule has 106 valence electrons. The lowest BCUT2D eigenvalue weighted by Gasteiger charge is -2.34. The molecule has 6 heteroatoms. The predicted molar refractivity (Wildman–Crippen MR) is 68.5 cm³/mol. The van der Waals surface area contributed by atoms with E-state index in [4.69, 9.17) is 11.6 Å². The van der Waals surface area contributed by atoms with E-state index in [1.807, 2.05) is 0 Å². The first-order chi connectivity index (χ1) is 8.88. The molecule has 0 bridgehead atoms. The van der Waals surface area contributed by atoms with E-state index in [9.17, 15) is 18.3 Å². The molecule has 0 spiro atoms. The van der Waals surface area contributed by atoms with Crippen LogP contribution in [-0.4, -0.2) is 17.3 Å². The zero-order valence-corrected chi connectivity index (χ0v) is 10.9. The number of phenols is 1. The lowest BCUT2D eigenvalue weighted by molar-refractivity contribution is -0.184. The molecule has 1 fully saturated rings. The van der Waals surface area contributed by atoms with Gasteiger partial charge in [0.2, 0.25) is 0 Å². The summed E-state index contributed by atoms with van der Waals surface area (Å²) in [6.07, 6.45) is -2.14. The van der Waals surface area contributed by atoms with Gasteiger partial charge in [0.05, 0.1) is 10.9 Å². The zero-order chi connectivity index (χ0) is 14.0. The largest absolute Gasteiger partial charge is 0.506 e. The number of anilines is 1. The Labute approximate surface area is 114 Å². The fraction of sp³-hybridized carbons (Fsp3) is 0.538. The number of phenolic OH excluding ortho intramolecular Hbond substituents is 1. The maximum absolute atomic E-state index is 12.9. The second-order valence-corrected chi connectivity index (χ2v) is 5.26. The Morgan fingerprint density at radius 3 is 2.53 bits per heavy atom. The Hall–Kier alpha value is -1.10. The monoisotopic (exact) mass is 293 g/mol. The van der Waals surface area contributed by atoms with Gasteiger partial charge in [0.15, 0.2) is 0 Å². The van der Waals surface area contributed by atoms with E-state index in [1.165, 1.54) is 18.2 Å². The summed E-state index contributed by atoms with van der Waals surface area (Å²) in [5.74, 6) is -1.41. The van der Waals surface area contributed by atoms with Crippen molar-refractivity contribution in [1.82, 2.24) is 0 Å². The van der Waals surface area contributed by atoms with Crippen molar-refractivity contribution in [2.45, 2.75) is 37.9 Å². The van der Waals surface area contributed by atoms with Gasteiger partial charge in [0.25, 0.3) is 0 Å². The van der Waals surface area contributed by atoms with Crippen molar-refractivity contribution >= 4 is 17.3 Å². The summed E-state index contributed by atoms with van der Waals surface area (Å²) >= 11 is 5.75. The molecule has 2 N–H and O–H groups in total. The van der Waals surface area contributed by atoms with Crippen LogP contribution in [0, 0.1) is 5.92 Å². The Kier molecular flexibility index (Phi) is 4.13. The number of alkyl halides is 3. The molecular weight excluding hydrogens is 279 g/mol. The molecule has 1 aromatic rings. The highest BCUT2D eigenvalue weighted by molar-refractivity contribution is 6.32. The molecule has 19 heavy (non-hydrogen) atoms. The van der Waals surface area contributed by atoms with Crippen LogP contribution >= 0.6 is 11.6 Å². The number of rotatable bonds is 2. The van der Waals surface area contributed by atoms with Crippen LogP contribution < -0.4 is 5.32 Å². The van der Waals surface area contributed by atoms with Crippen LogP contribution in [0.25, 0.3) is 0 Å². The Balaban J connectivity index is 2.13. The number of nitrogens with one attached hydrogen (secondary N) is 1. The fourth-order valence-electron chi connectivity index (χ4n) is 2.51. The molecule has 0 aliphatic heterocycles. The molecular formula is C13H15ClF3NO. The molecule has 1 saturated carbocycles. The second-order valence-electron chi connectivity index (χ2n) is 4.85. The van der Waals surface area contributed by atoms with Gasteiger partial charge in [-0.25, -0.2) is 0 Å². The zero-order valence-electron chi connectivity index (χ0n) is 10.2. The minimum absolute atomic E-state index is 0.0803. The summed E-state index contributed by atoms with van der Waals surface area (Å²) in [6.45, 7) is 0. The Bertz CT molecular complexity index is 450. The van der Waals surface area contributed by atoms with Gasteiger partial charge >= 0.3 is 6.18 Å². The summed E-state index contributed by atoms with van der Waals surface area (Å²) < 4.78 is 38.8. The van der Waals surface area contributed by atoms with E-state index in [2.05, 4.69) is 5.32 Å². The maximum Gasteiger partial charge on any atom is 0.393 e. The van der Waals surface area contributed by atoms with Crippen molar-refractivity contribution in [3.05, 3.63) is 23.2 Å². The molecule has 2 rings (SSSR count). The maximum atomic E-state index is 12.9. The Morgan fingerprint density at radius 2 is 1.89 bits per heavy atom. The molecule has 0 aromatic heterocycles. The van der Waals surface area contributed by atoms with Crippen LogP contribution in [0.4, 0.5) is 18.9 Å². The molecule has 0 radical (unpaired) electrons. The van der Waals surface area contributed by atoms with Crippen LogP contribution in [0.5, 0.6) is 5.75 Å². The van der Waals surface area contributed by atoms with Crippen molar-refractivity contribution in [1.29, 1.82) is 0 Å².